The van der Waals surface area contributed by atoms with Crippen molar-refractivity contribution < 1.29 is 9.84 Å². The van der Waals surface area contributed by atoms with Gasteiger partial charge < -0.3 is 14.8 Å². The summed E-state index contributed by atoms with van der Waals surface area (Å²) in [4.78, 5) is 7.98. The third-order valence-electron chi connectivity index (χ3n) is 4.28. The monoisotopic (exact) mass is 330 g/mol. The largest absolute Gasteiger partial charge is 0.504 e. The number of aromatic nitrogens is 2. The van der Waals surface area contributed by atoms with Crippen molar-refractivity contribution in [2.75, 3.05) is 7.11 Å². The third-order valence-corrected chi connectivity index (χ3v) is 4.28. The zero-order chi connectivity index (χ0) is 17.2. The Bertz CT molecular complexity index is 987. The molecule has 0 unspecified atom stereocenters. The summed E-state index contributed by atoms with van der Waals surface area (Å²) in [7, 11) is 1.55. The lowest BCUT2D eigenvalue weighted by atomic mass is 10.0. The highest BCUT2D eigenvalue weighted by Crippen LogP contribution is 2.31. The number of nitrogens with zero attached hydrogens (tertiary/aromatic N) is 1. The molecule has 0 saturated heterocycles. The molecule has 0 radical (unpaired) electrons. The van der Waals surface area contributed by atoms with Crippen LogP contribution in [0.4, 0.5) is 0 Å². The molecule has 1 aromatic heterocycles. The van der Waals surface area contributed by atoms with Crippen molar-refractivity contribution in [1.29, 1.82) is 0 Å². The van der Waals surface area contributed by atoms with Gasteiger partial charge >= 0.3 is 0 Å². The van der Waals surface area contributed by atoms with E-state index in [2.05, 4.69) is 34.2 Å². The minimum Gasteiger partial charge on any atom is -0.504 e. The highest BCUT2D eigenvalue weighted by atomic mass is 16.5. The molecule has 4 heteroatoms. The van der Waals surface area contributed by atoms with Gasteiger partial charge in [-0.05, 0) is 41.0 Å². The zero-order valence-electron chi connectivity index (χ0n) is 13.9. The van der Waals surface area contributed by atoms with Crippen molar-refractivity contribution in [3.63, 3.8) is 0 Å². The van der Waals surface area contributed by atoms with Gasteiger partial charge in [0.25, 0.3) is 0 Å². The number of aromatic hydroxyl groups is 1. The van der Waals surface area contributed by atoms with E-state index in [1.54, 1.807) is 13.2 Å². The number of hydrogen-bond acceptors (Lipinski definition) is 3. The van der Waals surface area contributed by atoms with Crippen LogP contribution in [0.3, 0.4) is 0 Å². The van der Waals surface area contributed by atoms with E-state index in [1.807, 2.05) is 36.4 Å². The first-order valence-electron chi connectivity index (χ1n) is 8.13. The Hall–Kier alpha value is -3.27. The van der Waals surface area contributed by atoms with Gasteiger partial charge in [0, 0.05) is 6.42 Å². The second-order valence-electron chi connectivity index (χ2n) is 5.96. The van der Waals surface area contributed by atoms with Gasteiger partial charge in [-0.15, -0.1) is 0 Å². The summed E-state index contributed by atoms with van der Waals surface area (Å²) in [5.41, 5.74) is 5.32. The van der Waals surface area contributed by atoms with E-state index in [4.69, 9.17) is 4.74 Å². The number of para-hydroxylation sites is 2. The fourth-order valence-corrected chi connectivity index (χ4v) is 2.95. The van der Waals surface area contributed by atoms with Gasteiger partial charge in [-0.1, -0.05) is 42.5 Å². The molecule has 124 valence electrons. The predicted molar refractivity (Wildman–Crippen MR) is 99.0 cm³/mol. The molecular weight excluding hydrogens is 312 g/mol. The number of phenolic OH excluding ortho intramolecular Hbond substituents is 1. The van der Waals surface area contributed by atoms with Crippen molar-refractivity contribution in [3.05, 3.63) is 78.1 Å². The highest BCUT2D eigenvalue weighted by Gasteiger charge is 2.06. The summed E-state index contributed by atoms with van der Waals surface area (Å²) in [6.07, 6.45) is 0.758. The van der Waals surface area contributed by atoms with Crippen LogP contribution in [-0.2, 0) is 6.42 Å². The van der Waals surface area contributed by atoms with Gasteiger partial charge in [0.15, 0.2) is 11.5 Å². The summed E-state index contributed by atoms with van der Waals surface area (Å²) in [6, 6.07) is 21.8. The molecule has 0 saturated carbocycles. The number of hydrogen-bond donors (Lipinski definition) is 2. The van der Waals surface area contributed by atoms with E-state index >= 15 is 0 Å². The molecule has 0 atom stereocenters. The topological polar surface area (TPSA) is 58.1 Å². The van der Waals surface area contributed by atoms with Crippen LogP contribution in [0.25, 0.3) is 22.2 Å². The quantitative estimate of drug-likeness (QED) is 0.578. The maximum Gasteiger partial charge on any atom is 0.161 e. The number of aromatic amines is 1. The molecule has 3 aromatic carbocycles. The molecule has 0 aliphatic heterocycles. The van der Waals surface area contributed by atoms with E-state index in [0.29, 0.717) is 5.75 Å². The van der Waals surface area contributed by atoms with Crippen LogP contribution >= 0.6 is 0 Å². The van der Waals surface area contributed by atoms with E-state index in [1.165, 1.54) is 5.56 Å². The number of methoxy groups -OCH3 is 1. The number of nitrogens with one attached hydrogen (secondary N) is 1. The highest BCUT2D eigenvalue weighted by molar-refractivity contribution is 5.74. The summed E-state index contributed by atoms with van der Waals surface area (Å²) < 4.78 is 5.18. The Labute approximate surface area is 145 Å². The maximum absolute atomic E-state index is 9.71. The molecule has 25 heavy (non-hydrogen) atoms. The van der Waals surface area contributed by atoms with E-state index in [9.17, 15) is 5.11 Å². The van der Waals surface area contributed by atoms with Crippen molar-refractivity contribution in [1.82, 2.24) is 9.97 Å². The minimum absolute atomic E-state index is 0.146. The fraction of sp³-hybridized carbons (Fsp3) is 0.0952. The lowest BCUT2D eigenvalue weighted by Crippen LogP contribution is -1.91. The number of imidazole rings is 1. The minimum atomic E-state index is 0.146. The number of benzene rings is 3. The Balaban J connectivity index is 1.57. The predicted octanol–water partition coefficient (Wildman–Crippen LogP) is 4.53. The van der Waals surface area contributed by atoms with Crippen LogP contribution in [0.15, 0.2) is 66.7 Å². The molecule has 2 N–H and O–H groups in total. The number of fused-ring (bicyclic) bond motifs is 1. The summed E-state index contributed by atoms with van der Waals surface area (Å²) >= 11 is 0. The Morgan fingerprint density at radius 2 is 1.72 bits per heavy atom. The summed E-state index contributed by atoms with van der Waals surface area (Å²) in [6.45, 7) is 0. The Morgan fingerprint density at radius 3 is 2.48 bits per heavy atom. The molecule has 0 aliphatic rings. The molecule has 0 aliphatic carbocycles. The van der Waals surface area contributed by atoms with Crippen LogP contribution < -0.4 is 4.74 Å². The van der Waals surface area contributed by atoms with Crippen molar-refractivity contribution >= 4 is 11.0 Å². The van der Waals surface area contributed by atoms with Gasteiger partial charge in [-0.3, -0.25) is 0 Å². The van der Waals surface area contributed by atoms with Gasteiger partial charge in [0.1, 0.15) is 5.82 Å². The first-order chi connectivity index (χ1) is 12.2. The number of rotatable bonds is 4. The van der Waals surface area contributed by atoms with Gasteiger partial charge in [-0.25, -0.2) is 4.98 Å². The number of phenols is 1. The standard InChI is InChI=1S/C21H18N2O2/c1-25-20-13-16(10-11-19(20)24)15-8-6-14(7-9-15)12-21-22-17-4-2-3-5-18(17)23-21/h2-11,13,24H,12H2,1H3,(H,22,23). The molecule has 0 amide bonds. The van der Waals surface area contributed by atoms with Gasteiger partial charge in [-0.2, -0.15) is 0 Å². The first kappa shape index (κ1) is 15.3. The van der Waals surface area contributed by atoms with Gasteiger partial charge in [0.05, 0.1) is 18.1 Å². The normalized spacial score (nSPS) is 10.9. The van der Waals surface area contributed by atoms with E-state index in [-0.39, 0.29) is 5.75 Å². The average Bonchev–Trinajstić information content (AvgIpc) is 3.05. The van der Waals surface area contributed by atoms with Crippen LogP contribution in [0.5, 0.6) is 11.5 Å². The number of H-pyrrole nitrogens is 1. The number of ether oxygens (including phenoxy) is 1. The molecule has 0 spiro atoms. The van der Waals surface area contributed by atoms with Crippen LogP contribution in [0.2, 0.25) is 0 Å². The molecular formula is C21H18N2O2. The molecule has 4 aromatic rings. The lowest BCUT2D eigenvalue weighted by molar-refractivity contribution is 0.373. The van der Waals surface area contributed by atoms with Crippen LogP contribution in [0.1, 0.15) is 11.4 Å². The first-order valence-corrected chi connectivity index (χ1v) is 8.13. The molecule has 0 fully saturated rings. The molecule has 4 rings (SSSR count). The van der Waals surface area contributed by atoms with E-state index < -0.39 is 0 Å². The Morgan fingerprint density at radius 1 is 0.960 bits per heavy atom. The van der Waals surface area contributed by atoms with Crippen molar-refractivity contribution in [2.24, 2.45) is 0 Å². The summed E-state index contributed by atoms with van der Waals surface area (Å²) in [5, 5.41) is 9.71. The van der Waals surface area contributed by atoms with Crippen LogP contribution in [0, 0.1) is 0 Å². The zero-order valence-corrected chi connectivity index (χ0v) is 13.9. The van der Waals surface area contributed by atoms with E-state index in [0.717, 1.165) is 34.4 Å². The lowest BCUT2D eigenvalue weighted by Gasteiger charge is -2.07. The molecule has 4 nitrogen and oxygen atoms in total. The maximum atomic E-state index is 9.71. The van der Waals surface area contributed by atoms with Gasteiger partial charge in [0.2, 0.25) is 0 Å². The third kappa shape index (κ3) is 3.06. The second-order valence-corrected chi connectivity index (χ2v) is 5.96. The Kier molecular flexibility index (Phi) is 3.86. The average molecular weight is 330 g/mol. The molecule has 0 bridgehead atoms. The van der Waals surface area contributed by atoms with Crippen molar-refractivity contribution in [2.45, 2.75) is 6.42 Å². The van der Waals surface area contributed by atoms with Crippen molar-refractivity contribution in [3.8, 4) is 22.6 Å². The second kappa shape index (κ2) is 6.32. The van der Waals surface area contributed by atoms with Crippen LogP contribution in [-0.4, -0.2) is 22.2 Å². The summed E-state index contributed by atoms with van der Waals surface area (Å²) in [5.74, 6) is 1.58. The smallest absolute Gasteiger partial charge is 0.161 e. The SMILES string of the molecule is COc1cc(-c2ccc(Cc3nc4ccccc4[nH]3)cc2)ccc1O. The fourth-order valence-electron chi connectivity index (χ4n) is 2.95. The molecule has 1 heterocycles.